The number of pyridine rings is 1. The minimum absolute atomic E-state index is 0.0222. The van der Waals surface area contributed by atoms with E-state index >= 15 is 0 Å². The van der Waals surface area contributed by atoms with Crippen LogP contribution >= 0.6 is 11.8 Å². The minimum atomic E-state index is -0.427. The van der Waals surface area contributed by atoms with Crippen molar-refractivity contribution in [2.45, 2.75) is 24.3 Å². The van der Waals surface area contributed by atoms with E-state index in [1.807, 2.05) is 44.2 Å². The van der Waals surface area contributed by atoms with Gasteiger partial charge in [0.15, 0.2) is 16.8 Å². The molecule has 0 aliphatic carbocycles. The first-order valence-electron chi connectivity index (χ1n) is 9.43. The minimum Gasteiger partial charge on any atom is -0.293 e. The summed E-state index contributed by atoms with van der Waals surface area (Å²) in [4.78, 5) is 17.0. The van der Waals surface area contributed by atoms with Crippen molar-refractivity contribution in [2.24, 2.45) is 0 Å². The third-order valence-corrected chi connectivity index (χ3v) is 5.68. The molecule has 1 unspecified atom stereocenters. The first kappa shape index (κ1) is 20.0. The number of hydrogen-bond acceptors (Lipinski definition) is 5. The highest BCUT2D eigenvalue weighted by Gasteiger charge is 2.23. The molecule has 5 nitrogen and oxygen atoms in total. The Balaban J connectivity index is 1.73. The number of carbonyl (C=O) groups is 1. The number of thioether (sulfide) groups is 1. The molecule has 4 rings (SSSR count). The molecule has 0 aliphatic heterocycles. The summed E-state index contributed by atoms with van der Waals surface area (Å²) in [5, 5.41) is 8.55. The fraction of sp³-hybridized carbons (Fsp3) is 0.130. The molecule has 0 bridgehead atoms. The zero-order valence-corrected chi connectivity index (χ0v) is 17.3. The lowest BCUT2D eigenvalue weighted by Crippen LogP contribution is -2.15. The van der Waals surface area contributed by atoms with Gasteiger partial charge in [-0.25, -0.2) is 4.39 Å². The van der Waals surface area contributed by atoms with Gasteiger partial charge in [-0.1, -0.05) is 53.7 Å². The molecule has 0 amide bonds. The summed E-state index contributed by atoms with van der Waals surface area (Å²) in [5.74, 6) is 0.0403. The van der Waals surface area contributed by atoms with Crippen molar-refractivity contribution in [2.75, 3.05) is 0 Å². The highest BCUT2D eigenvalue weighted by atomic mass is 32.2. The molecule has 2 heterocycles. The Morgan fingerprint density at radius 2 is 1.80 bits per heavy atom. The number of para-hydroxylation sites is 1. The maximum Gasteiger partial charge on any atom is 0.196 e. The fourth-order valence-electron chi connectivity index (χ4n) is 3.04. The van der Waals surface area contributed by atoms with Crippen LogP contribution in [0.25, 0.3) is 17.1 Å². The first-order chi connectivity index (χ1) is 14.5. The van der Waals surface area contributed by atoms with Gasteiger partial charge in [0.2, 0.25) is 0 Å². The van der Waals surface area contributed by atoms with E-state index in [9.17, 15) is 9.18 Å². The Bertz CT molecular complexity index is 1180. The standard InChI is InChI=1S/C23H19FN4OS/c1-15-9-11-17(12-10-15)21(29)16(2)30-23-27-26-22(18-6-5-13-25-14-18)28(23)20-8-4-3-7-19(20)24/h3-14,16H,1-2H3. The van der Waals surface area contributed by atoms with Crippen molar-refractivity contribution in [3.8, 4) is 17.1 Å². The van der Waals surface area contributed by atoms with Crippen molar-refractivity contribution < 1.29 is 9.18 Å². The van der Waals surface area contributed by atoms with Gasteiger partial charge < -0.3 is 0 Å². The number of Topliss-reactive ketones (excluding diaryl/α,β-unsaturated/α-hetero) is 1. The molecular weight excluding hydrogens is 399 g/mol. The first-order valence-corrected chi connectivity index (χ1v) is 10.3. The van der Waals surface area contributed by atoms with Gasteiger partial charge in [0, 0.05) is 23.5 Å². The lowest BCUT2D eigenvalue weighted by molar-refractivity contribution is 0.0994. The Morgan fingerprint density at radius 1 is 1.03 bits per heavy atom. The summed E-state index contributed by atoms with van der Waals surface area (Å²) >= 11 is 1.25. The highest BCUT2D eigenvalue weighted by Crippen LogP contribution is 2.31. The molecule has 2 aromatic heterocycles. The third kappa shape index (κ3) is 4.02. The topological polar surface area (TPSA) is 60.7 Å². The fourth-order valence-corrected chi connectivity index (χ4v) is 3.98. The number of halogens is 1. The number of carbonyl (C=O) groups excluding carboxylic acids is 1. The van der Waals surface area contributed by atoms with Gasteiger partial charge in [0.25, 0.3) is 0 Å². The summed E-state index contributed by atoms with van der Waals surface area (Å²) in [5.41, 5.74) is 2.74. The van der Waals surface area contributed by atoms with Gasteiger partial charge in [-0.3, -0.25) is 14.3 Å². The summed E-state index contributed by atoms with van der Waals surface area (Å²) in [6, 6.07) is 17.5. The second kappa shape index (κ2) is 8.59. The molecule has 0 fully saturated rings. The molecule has 0 saturated carbocycles. The largest absolute Gasteiger partial charge is 0.293 e. The monoisotopic (exact) mass is 418 g/mol. The van der Waals surface area contributed by atoms with Crippen LogP contribution in [0.3, 0.4) is 0 Å². The normalized spacial score (nSPS) is 12.0. The second-order valence-corrected chi connectivity index (χ2v) is 8.13. The van der Waals surface area contributed by atoms with E-state index in [4.69, 9.17) is 0 Å². The van der Waals surface area contributed by atoms with Gasteiger partial charge in [0.05, 0.1) is 10.9 Å². The number of aryl methyl sites for hydroxylation is 1. The van der Waals surface area contributed by atoms with Gasteiger partial charge in [-0.05, 0) is 38.1 Å². The Kier molecular flexibility index (Phi) is 5.72. The summed E-state index contributed by atoms with van der Waals surface area (Å²) in [6.07, 6.45) is 3.31. The maximum absolute atomic E-state index is 14.7. The van der Waals surface area contributed by atoms with Crippen LogP contribution in [0.5, 0.6) is 0 Å². The van der Waals surface area contributed by atoms with E-state index in [-0.39, 0.29) is 5.78 Å². The summed E-state index contributed by atoms with van der Waals surface area (Å²) < 4.78 is 16.3. The molecule has 4 aromatic rings. The maximum atomic E-state index is 14.7. The molecule has 150 valence electrons. The van der Waals surface area contributed by atoms with E-state index in [0.717, 1.165) is 5.56 Å². The Morgan fingerprint density at radius 3 is 2.50 bits per heavy atom. The molecule has 0 radical (unpaired) electrons. The van der Waals surface area contributed by atoms with E-state index in [0.29, 0.717) is 27.8 Å². The van der Waals surface area contributed by atoms with Crippen LogP contribution in [0.15, 0.2) is 78.2 Å². The summed E-state index contributed by atoms with van der Waals surface area (Å²) in [7, 11) is 0. The smallest absolute Gasteiger partial charge is 0.196 e. The van der Waals surface area contributed by atoms with Crippen molar-refractivity contribution in [1.82, 2.24) is 19.7 Å². The van der Waals surface area contributed by atoms with E-state index in [1.54, 1.807) is 41.2 Å². The molecule has 0 spiro atoms. The van der Waals surface area contributed by atoms with Crippen LogP contribution in [0.1, 0.15) is 22.8 Å². The number of rotatable bonds is 6. The zero-order chi connectivity index (χ0) is 21.1. The van der Waals surface area contributed by atoms with Crippen molar-refractivity contribution in [3.05, 3.63) is 90.0 Å². The van der Waals surface area contributed by atoms with E-state index < -0.39 is 11.1 Å². The van der Waals surface area contributed by atoms with Gasteiger partial charge in [-0.15, -0.1) is 10.2 Å². The number of hydrogen-bond donors (Lipinski definition) is 0. The van der Waals surface area contributed by atoms with Crippen LogP contribution in [0.4, 0.5) is 4.39 Å². The highest BCUT2D eigenvalue weighted by molar-refractivity contribution is 8.00. The average Bonchev–Trinajstić information content (AvgIpc) is 3.18. The summed E-state index contributed by atoms with van der Waals surface area (Å²) in [6.45, 7) is 3.79. The lowest BCUT2D eigenvalue weighted by Gasteiger charge is -2.14. The van der Waals surface area contributed by atoms with Crippen LogP contribution in [0.2, 0.25) is 0 Å². The second-order valence-electron chi connectivity index (χ2n) is 6.83. The Hall–Kier alpha value is -3.32. The molecular formula is C23H19FN4OS. The lowest BCUT2D eigenvalue weighted by atomic mass is 10.1. The molecule has 0 N–H and O–H groups in total. The third-order valence-electron chi connectivity index (χ3n) is 4.63. The average molecular weight is 418 g/mol. The number of aromatic nitrogens is 4. The number of nitrogens with zero attached hydrogens (tertiary/aromatic N) is 4. The van der Waals surface area contributed by atoms with Crippen LogP contribution in [0, 0.1) is 12.7 Å². The molecule has 0 aliphatic rings. The SMILES string of the molecule is Cc1ccc(C(=O)C(C)Sc2nnc(-c3cccnc3)n2-c2ccccc2F)cc1. The zero-order valence-electron chi connectivity index (χ0n) is 16.5. The Labute approximate surface area is 178 Å². The van der Waals surface area contributed by atoms with Crippen LogP contribution in [-0.4, -0.2) is 30.8 Å². The van der Waals surface area contributed by atoms with Crippen molar-refractivity contribution >= 4 is 17.5 Å². The predicted molar refractivity (Wildman–Crippen MR) is 115 cm³/mol. The van der Waals surface area contributed by atoms with Crippen LogP contribution < -0.4 is 0 Å². The van der Waals surface area contributed by atoms with Crippen molar-refractivity contribution in [1.29, 1.82) is 0 Å². The molecule has 2 aromatic carbocycles. The molecule has 1 atom stereocenters. The molecule has 30 heavy (non-hydrogen) atoms. The van der Waals surface area contributed by atoms with E-state index in [1.165, 1.54) is 17.8 Å². The van der Waals surface area contributed by atoms with Crippen molar-refractivity contribution in [3.63, 3.8) is 0 Å². The number of ketones is 1. The quantitative estimate of drug-likeness (QED) is 0.320. The molecule has 0 saturated heterocycles. The van der Waals surface area contributed by atoms with E-state index in [2.05, 4.69) is 15.2 Å². The van der Waals surface area contributed by atoms with Gasteiger partial charge in [0.1, 0.15) is 5.82 Å². The van der Waals surface area contributed by atoms with Gasteiger partial charge in [-0.2, -0.15) is 0 Å². The number of benzene rings is 2. The van der Waals surface area contributed by atoms with Gasteiger partial charge >= 0.3 is 0 Å². The van der Waals surface area contributed by atoms with Crippen LogP contribution in [-0.2, 0) is 0 Å². The molecule has 7 heteroatoms. The predicted octanol–water partition coefficient (Wildman–Crippen LogP) is 5.14.